The molecule has 6 heteroatoms. The molecule has 0 fully saturated rings. The van der Waals surface area contributed by atoms with Crippen molar-refractivity contribution in [3.63, 3.8) is 0 Å². The number of hydrogen-bond acceptors (Lipinski definition) is 6. The number of hydrogen-bond donors (Lipinski definition) is 5. The van der Waals surface area contributed by atoms with Gasteiger partial charge in [-0.05, 0) is 6.07 Å². The number of nitrogens with two attached hydrogens (primary N) is 1. The zero-order valence-electron chi connectivity index (χ0n) is 8.04. The molecule has 5 nitrogen and oxygen atoms in total. The minimum Gasteiger partial charge on any atom is -0.392 e. The van der Waals surface area contributed by atoms with Crippen LogP contribution in [-0.2, 0) is 6.61 Å². The highest BCUT2D eigenvalue weighted by Gasteiger charge is 2.18. The first-order valence-electron chi connectivity index (χ1n) is 4.42. The van der Waals surface area contributed by atoms with Crippen molar-refractivity contribution in [2.45, 2.75) is 18.8 Å². The summed E-state index contributed by atoms with van der Waals surface area (Å²) in [6.45, 7) is -0.254. The quantitative estimate of drug-likeness (QED) is 0.448. The van der Waals surface area contributed by atoms with Crippen molar-refractivity contribution in [2.75, 3.05) is 11.5 Å². The van der Waals surface area contributed by atoms with Crippen LogP contribution in [0.5, 0.6) is 0 Å². The first-order chi connectivity index (χ1) is 7.10. The monoisotopic (exact) mass is 230 g/mol. The Morgan fingerprint density at radius 1 is 1.47 bits per heavy atom. The predicted octanol–water partition coefficient (Wildman–Crippen LogP) is -0.520. The first-order valence-corrected chi connectivity index (χ1v) is 5.05. The topological polar surface area (TPSA) is 99.6 Å². The number of thiol groups is 1. The van der Waals surface area contributed by atoms with Gasteiger partial charge in [0.25, 0.3) is 0 Å². The lowest BCUT2D eigenvalue weighted by Gasteiger charge is -2.16. The lowest BCUT2D eigenvalue weighted by atomic mass is 10.1. The highest BCUT2D eigenvalue weighted by atomic mass is 32.1. The summed E-state index contributed by atoms with van der Waals surface area (Å²) in [5.41, 5.74) is 6.32. The fraction of sp³-hybridized carbons (Fsp3) is 0.444. The van der Waals surface area contributed by atoms with Crippen molar-refractivity contribution in [3.8, 4) is 0 Å². The first kappa shape index (κ1) is 12.3. The summed E-state index contributed by atoms with van der Waals surface area (Å²) in [6, 6.07) is 1.51. The minimum atomic E-state index is -1.07. The van der Waals surface area contributed by atoms with E-state index in [1.54, 1.807) is 0 Å². The number of pyridine rings is 1. The molecule has 0 aliphatic rings. The van der Waals surface area contributed by atoms with E-state index < -0.39 is 12.2 Å². The molecule has 2 unspecified atom stereocenters. The summed E-state index contributed by atoms with van der Waals surface area (Å²) in [7, 11) is 0. The standard InChI is InChI=1S/C9H14N2O3S/c10-9-6(3-12)1-5(2-11-9)8(14)7(13)4-15/h1-2,7-8,12-15H,3-4H2,(H2,10,11). The molecule has 84 valence electrons. The molecule has 0 aliphatic heterocycles. The second kappa shape index (κ2) is 5.32. The second-order valence-electron chi connectivity index (χ2n) is 3.17. The third kappa shape index (κ3) is 2.82. The van der Waals surface area contributed by atoms with Crippen LogP contribution in [0.2, 0.25) is 0 Å². The van der Waals surface area contributed by atoms with Gasteiger partial charge in [-0.15, -0.1) is 0 Å². The Balaban J connectivity index is 2.95. The Morgan fingerprint density at radius 2 is 2.13 bits per heavy atom. The van der Waals surface area contributed by atoms with Crippen LogP contribution in [0.4, 0.5) is 5.82 Å². The predicted molar refractivity (Wildman–Crippen MR) is 59.4 cm³/mol. The van der Waals surface area contributed by atoms with E-state index in [4.69, 9.17) is 10.8 Å². The molecule has 1 aromatic rings. The smallest absolute Gasteiger partial charge is 0.128 e. The van der Waals surface area contributed by atoms with Gasteiger partial charge in [-0.2, -0.15) is 12.6 Å². The molecule has 0 aromatic carbocycles. The van der Waals surface area contributed by atoms with E-state index in [-0.39, 0.29) is 18.2 Å². The van der Waals surface area contributed by atoms with Gasteiger partial charge in [0.2, 0.25) is 0 Å². The van der Waals surface area contributed by atoms with Crippen molar-refractivity contribution >= 4 is 18.4 Å². The number of nitrogen functional groups attached to an aromatic ring is 1. The van der Waals surface area contributed by atoms with E-state index in [1.807, 2.05) is 0 Å². The average molecular weight is 230 g/mol. The van der Waals surface area contributed by atoms with Gasteiger partial charge in [-0.3, -0.25) is 0 Å². The fourth-order valence-corrected chi connectivity index (χ4v) is 1.35. The van der Waals surface area contributed by atoms with E-state index in [0.717, 1.165) is 0 Å². The molecule has 1 rings (SSSR count). The highest BCUT2D eigenvalue weighted by molar-refractivity contribution is 7.80. The Kier molecular flexibility index (Phi) is 4.34. The molecule has 5 N–H and O–H groups in total. The van der Waals surface area contributed by atoms with Crippen molar-refractivity contribution in [3.05, 3.63) is 23.4 Å². The summed E-state index contributed by atoms with van der Waals surface area (Å²) in [5.74, 6) is 0.355. The van der Waals surface area contributed by atoms with Gasteiger partial charge in [-0.25, -0.2) is 4.98 Å². The number of anilines is 1. The number of aliphatic hydroxyl groups is 3. The van der Waals surface area contributed by atoms with Crippen LogP contribution in [0.3, 0.4) is 0 Å². The van der Waals surface area contributed by atoms with E-state index >= 15 is 0 Å². The Labute approximate surface area is 93.0 Å². The number of aliphatic hydroxyl groups excluding tert-OH is 3. The summed E-state index contributed by atoms with van der Waals surface area (Å²) < 4.78 is 0. The molecule has 0 spiro atoms. The van der Waals surface area contributed by atoms with Gasteiger partial charge in [0.15, 0.2) is 0 Å². The van der Waals surface area contributed by atoms with Crippen LogP contribution in [0, 0.1) is 0 Å². The van der Waals surface area contributed by atoms with Crippen molar-refractivity contribution in [1.29, 1.82) is 0 Å². The molecule has 0 aliphatic carbocycles. The molecule has 0 saturated heterocycles. The van der Waals surface area contributed by atoms with Crippen LogP contribution in [0.25, 0.3) is 0 Å². The SMILES string of the molecule is Nc1ncc(C(O)C(O)CS)cc1CO. The van der Waals surface area contributed by atoms with Gasteiger partial charge in [0.1, 0.15) is 11.9 Å². The van der Waals surface area contributed by atoms with E-state index in [2.05, 4.69) is 17.6 Å². The van der Waals surface area contributed by atoms with E-state index in [1.165, 1.54) is 12.3 Å². The molecule has 0 radical (unpaired) electrons. The van der Waals surface area contributed by atoms with Crippen LogP contribution < -0.4 is 5.73 Å². The molecule has 1 aromatic heterocycles. The number of aromatic nitrogens is 1. The summed E-state index contributed by atoms with van der Waals surface area (Å²) in [5, 5.41) is 27.9. The van der Waals surface area contributed by atoms with Crippen LogP contribution in [-0.4, -0.2) is 32.2 Å². The second-order valence-corrected chi connectivity index (χ2v) is 3.53. The summed E-state index contributed by atoms with van der Waals surface area (Å²) >= 11 is 3.87. The normalized spacial score (nSPS) is 14.9. The third-order valence-electron chi connectivity index (χ3n) is 2.09. The molecule has 1 heterocycles. The number of rotatable bonds is 4. The van der Waals surface area contributed by atoms with Gasteiger partial charge < -0.3 is 21.1 Å². The largest absolute Gasteiger partial charge is 0.392 e. The molecule has 15 heavy (non-hydrogen) atoms. The summed E-state index contributed by atoms with van der Waals surface area (Å²) in [4.78, 5) is 3.81. The van der Waals surface area contributed by atoms with Crippen molar-refractivity contribution < 1.29 is 15.3 Å². The lowest BCUT2D eigenvalue weighted by Crippen LogP contribution is -2.20. The molecule has 0 amide bonds. The van der Waals surface area contributed by atoms with Crippen LogP contribution in [0.1, 0.15) is 17.2 Å². The lowest BCUT2D eigenvalue weighted by molar-refractivity contribution is 0.0334. The maximum atomic E-state index is 9.64. The van der Waals surface area contributed by atoms with Crippen molar-refractivity contribution in [2.24, 2.45) is 0 Å². The zero-order valence-corrected chi connectivity index (χ0v) is 8.93. The maximum absolute atomic E-state index is 9.64. The minimum absolute atomic E-state index is 0.139. The molecule has 0 bridgehead atoms. The zero-order chi connectivity index (χ0) is 11.4. The number of nitrogens with zero attached hydrogens (tertiary/aromatic N) is 1. The van der Waals surface area contributed by atoms with Gasteiger partial charge in [-0.1, -0.05) is 0 Å². The molecular formula is C9H14N2O3S. The van der Waals surface area contributed by atoms with E-state index in [0.29, 0.717) is 11.1 Å². The van der Waals surface area contributed by atoms with Crippen molar-refractivity contribution in [1.82, 2.24) is 4.98 Å². The van der Waals surface area contributed by atoms with Gasteiger partial charge in [0.05, 0.1) is 12.7 Å². The maximum Gasteiger partial charge on any atom is 0.128 e. The van der Waals surface area contributed by atoms with Gasteiger partial charge >= 0.3 is 0 Å². The Hall–Kier alpha value is -0.820. The van der Waals surface area contributed by atoms with Crippen LogP contribution in [0.15, 0.2) is 12.3 Å². The molecule has 2 atom stereocenters. The third-order valence-corrected chi connectivity index (χ3v) is 2.46. The molecule has 0 saturated carbocycles. The highest BCUT2D eigenvalue weighted by Crippen LogP contribution is 2.20. The Morgan fingerprint density at radius 3 is 2.67 bits per heavy atom. The summed E-state index contributed by atoms with van der Waals surface area (Å²) in [6.07, 6.45) is -0.669. The average Bonchev–Trinajstić information content (AvgIpc) is 2.27. The molecular weight excluding hydrogens is 216 g/mol. The fourth-order valence-electron chi connectivity index (χ4n) is 1.15. The van der Waals surface area contributed by atoms with Crippen LogP contribution >= 0.6 is 12.6 Å². The Bertz CT molecular complexity index is 335. The van der Waals surface area contributed by atoms with Gasteiger partial charge in [0, 0.05) is 23.1 Å². The van der Waals surface area contributed by atoms with E-state index in [9.17, 15) is 10.2 Å².